The van der Waals surface area contributed by atoms with E-state index in [1.165, 1.54) is 0 Å². The summed E-state index contributed by atoms with van der Waals surface area (Å²) in [6.07, 6.45) is 0. The molecule has 0 atom stereocenters. The second-order valence-electron chi connectivity index (χ2n) is 5.51. The van der Waals surface area contributed by atoms with Gasteiger partial charge in [0.25, 0.3) is 0 Å². The van der Waals surface area contributed by atoms with Gasteiger partial charge in [0.1, 0.15) is 5.75 Å². The molecule has 0 amide bonds. The Kier molecular flexibility index (Phi) is 4.57. The Morgan fingerprint density at radius 2 is 2.04 bits per heavy atom. The first-order chi connectivity index (χ1) is 11.6. The fourth-order valence-electron chi connectivity index (χ4n) is 2.97. The fraction of sp³-hybridized carbons (Fsp3) is 0.222. The minimum absolute atomic E-state index is 0.0586. The van der Waals surface area contributed by atoms with Crippen LogP contribution >= 0.6 is 15.9 Å². The lowest BCUT2D eigenvalue weighted by atomic mass is 10.1. The number of halogens is 1. The summed E-state index contributed by atoms with van der Waals surface area (Å²) in [4.78, 5) is 11.2. The Hall–Kier alpha value is -2.34. The SMILES string of the molecule is CCOc1ccccc1Cn1c(O)c(N=O)c2cc(Br)cc(C)c21. The zero-order valence-electron chi connectivity index (χ0n) is 13.4. The summed E-state index contributed by atoms with van der Waals surface area (Å²) in [5.74, 6) is 0.629. The lowest BCUT2D eigenvalue weighted by Crippen LogP contribution is -2.03. The Morgan fingerprint density at radius 1 is 1.29 bits per heavy atom. The number of nitrogens with zero attached hydrogens (tertiary/aromatic N) is 2. The van der Waals surface area contributed by atoms with Crippen LogP contribution in [0.3, 0.4) is 0 Å². The molecule has 0 saturated carbocycles. The average Bonchev–Trinajstić information content (AvgIpc) is 2.81. The Bertz CT molecular complexity index is 918. The third kappa shape index (κ3) is 2.78. The van der Waals surface area contributed by atoms with Gasteiger partial charge in [0.05, 0.1) is 18.7 Å². The van der Waals surface area contributed by atoms with E-state index in [1.807, 2.05) is 44.2 Å². The first kappa shape index (κ1) is 16.5. The van der Waals surface area contributed by atoms with Crippen molar-refractivity contribution in [1.82, 2.24) is 4.57 Å². The molecule has 0 unspecified atom stereocenters. The van der Waals surface area contributed by atoms with Gasteiger partial charge >= 0.3 is 0 Å². The zero-order chi connectivity index (χ0) is 17.3. The summed E-state index contributed by atoms with van der Waals surface area (Å²) in [6.45, 7) is 4.81. The normalized spacial score (nSPS) is 11.0. The third-order valence-corrected chi connectivity index (χ3v) is 4.41. The number of rotatable bonds is 5. The van der Waals surface area contributed by atoms with Gasteiger partial charge in [0.15, 0.2) is 5.69 Å². The molecule has 3 aromatic rings. The van der Waals surface area contributed by atoms with E-state index in [1.54, 1.807) is 10.6 Å². The number of hydrogen-bond acceptors (Lipinski definition) is 4. The van der Waals surface area contributed by atoms with E-state index in [-0.39, 0.29) is 11.6 Å². The van der Waals surface area contributed by atoms with Crippen LogP contribution < -0.4 is 4.74 Å². The molecule has 6 heteroatoms. The summed E-state index contributed by atoms with van der Waals surface area (Å²) < 4.78 is 8.19. The number of aromatic hydroxyl groups is 1. The molecule has 0 saturated heterocycles. The largest absolute Gasteiger partial charge is 0.494 e. The van der Waals surface area contributed by atoms with Crippen LogP contribution in [0.5, 0.6) is 11.6 Å². The first-order valence-corrected chi connectivity index (χ1v) is 8.41. The number of para-hydroxylation sites is 1. The van der Waals surface area contributed by atoms with Crippen molar-refractivity contribution < 1.29 is 9.84 Å². The van der Waals surface area contributed by atoms with Crippen LogP contribution in [0.1, 0.15) is 18.1 Å². The maximum Gasteiger partial charge on any atom is 0.222 e. The van der Waals surface area contributed by atoms with E-state index in [4.69, 9.17) is 4.74 Å². The van der Waals surface area contributed by atoms with Crippen molar-refractivity contribution in [2.24, 2.45) is 5.18 Å². The molecule has 0 aliphatic carbocycles. The molecule has 0 radical (unpaired) electrons. The summed E-state index contributed by atoms with van der Waals surface area (Å²) in [6, 6.07) is 11.4. The fourth-order valence-corrected chi connectivity index (χ4v) is 3.55. The van der Waals surface area contributed by atoms with Crippen molar-refractivity contribution in [2.45, 2.75) is 20.4 Å². The predicted octanol–water partition coefficient (Wildman–Crippen LogP) is 5.26. The Morgan fingerprint density at radius 3 is 2.75 bits per heavy atom. The minimum atomic E-state index is -0.132. The highest BCUT2D eigenvalue weighted by atomic mass is 79.9. The molecule has 0 aliphatic heterocycles. The summed E-state index contributed by atoms with van der Waals surface area (Å²) in [7, 11) is 0. The van der Waals surface area contributed by atoms with Gasteiger partial charge < -0.3 is 14.4 Å². The molecule has 1 N–H and O–H groups in total. The minimum Gasteiger partial charge on any atom is -0.494 e. The highest BCUT2D eigenvalue weighted by Gasteiger charge is 2.20. The smallest absolute Gasteiger partial charge is 0.222 e. The van der Waals surface area contributed by atoms with E-state index < -0.39 is 0 Å². The van der Waals surface area contributed by atoms with Crippen molar-refractivity contribution in [3.63, 3.8) is 0 Å². The maximum atomic E-state index is 11.2. The molecule has 0 fully saturated rings. The van der Waals surface area contributed by atoms with Crippen LogP contribution in [0.25, 0.3) is 10.9 Å². The van der Waals surface area contributed by atoms with Crippen LogP contribution in [0, 0.1) is 11.8 Å². The van der Waals surface area contributed by atoms with E-state index in [0.717, 1.165) is 26.9 Å². The van der Waals surface area contributed by atoms with Crippen LogP contribution in [0.15, 0.2) is 46.0 Å². The van der Waals surface area contributed by atoms with Crippen molar-refractivity contribution in [3.05, 3.63) is 56.9 Å². The van der Waals surface area contributed by atoms with Crippen LogP contribution in [-0.2, 0) is 6.54 Å². The van der Waals surface area contributed by atoms with Crippen molar-refractivity contribution >= 4 is 32.5 Å². The van der Waals surface area contributed by atoms with E-state index in [9.17, 15) is 10.0 Å². The topological polar surface area (TPSA) is 63.8 Å². The molecule has 124 valence electrons. The number of aromatic nitrogens is 1. The molecule has 5 nitrogen and oxygen atoms in total. The molecular weight excluding hydrogens is 372 g/mol. The van der Waals surface area contributed by atoms with E-state index >= 15 is 0 Å². The molecule has 0 aliphatic rings. The molecule has 24 heavy (non-hydrogen) atoms. The second kappa shape index (κ2) is 6.65. The lowest BCUT2D eigenvalue weighted by Gasteiger charge is -2.13. The molecule has 0 spiro atoms. The first-order valence-electron chi connectivity index (χ1n) is 7.62. The molecule has 3 rings (SSSR count). The van der Waals surface area contributed by atoms with Gasteiger partial charge in [-0.3, -0.25) is 0 Å². The molecule has 1 heterocycles. The zero-order valence-corrected chi connectivity index (χ0v) is 15.0. The quantitative estimate of drug-likeness (QED) is 0.606. The Labute approximate surface area is 148 Å². The Balaban J connectivity index is 2.20. The number of hydrogen-bond donors (Lipinski definition) is 1. The van der Waals surface area contributed by atoms with Crippen molar-refractivity contribution in [3.8, 4) is 11.6 Å². The van der Waals surface area contributed by atoms with Gasteiger partial charge in [-0.2, -0.15) is 0 Å². The molecule has 0 bridgehead atoms. The number of aryl methyl sites for hydroxylation is 1. The van der Waals surface area contributed by atoms with E-state index in [0.29, 0.717) is 18.5 Å². The van der Waals surface area contributed by atoms with Gasteiger partial charge in [-0.05, 0) is 42.8 Å². The molecule has 1 aromatic heterocycles. The number of fused-ring (bicyclic) bond motifs is 1. The maximum absolute atomic E-state index is 11.2. The number of benzene rings is 2. The molecular formula is C18H17BrN2O3. The summed E-state index contributed by atoms with van der Waals surface area (Å²) >= 11 is 3.42. The highest BCUT2D eigenvalue weighted by molar-refractivity contribution is 9.10. The average molecular weight is 389 g/mol. The van der Waals surface area contributed by atoms with Crippen molar-refractivity contribution in [2.75, 3.05) is 6.61 Å². The van der Waals surface area contributed by atoms with Crippen LogP contribution in [-0.4, -0.2) is 16.3 Å². The summed E-state index contributed by atoms with van der Waals surface area (Å²) in [5, 5.41) is 14.2. The third-order valence-electron chi connectivity index (χ3n) is 3.95. The van der Waals surface area contributed by atoms with Gasteiger partial charge in [-0.25, -0.2) is 0 Å². The van der Waals surface area contributed by atoms with Crippen LogP contribution in [0.4, 0.5) is 5.69 Å². The monoisotopic (exact) mass is 388 g/mol. The van der Waals surface area contributed by atoms with Gasteiger partial charge in [-0.1, -0.05) is 34.1 Å². The summed E-state index contributed by atoms with van der Waals surface area (Å²) in [5.41, 5.74) is 2.71. The standard InChI is InChI=1S/C18H17BrN2O3/c1-3-24-15-7-5-4-6-12(15)10-21-17-11(2)8-13(19)9-14(17)16(20-23)18(21)22/h4-9,22H,3,10H2,1-2H3. The van der Waals surface area contributed by atoms with Gasteiger partial charge in [-0.15, -0.1) is 4.91 Å². The lowest BCUT2D eigenvalue weighted by molar-refractivity contribution is 0.335. The van der Waals surface area contributed by atoms with Crippen molar-refractivity contribution in [1.29, 1.82) is 0 Å². The molecule has 2 aromatic carbocycles. The van der Waals surface area contributed by atoms with Gasteiger partial charge in [0.2, 0.25) is 5.88 Å². The predicted molar refractivity (Wildman–Crippen MR) is 98.2 cm³/mol. The highest BCUT2D eigenvalue weighted by Crippen LogP contribution is 2.42. The second-order valence-corrected chi connectivity index (χ2v) is 6.42. The van der Waals surface area contributed by atoms with E-state index in [2.05, 4.69) is 21.1 Å². The van der Waals surface area contributed by atoms with Crippen LogP contribution in [0.2, 0.25) is 0 Å². The van der Waals surface area contributed by atoms with Gasteiger partial charge in [0, 0.05) is 15.4 Å². The number of nitroso groups, excluding NO2 is 1. The number of ether oxygens (including phenoxy) is 1.